The van der Waals surface area contributed by atoms with Gasteiger partial charge in [0.2, 0.25) is 0 Å². The fraction of sp³-hybridized carbons (Fsp3) is 0.192. The van der Waals surface area contributed by atoms with Gasteiger partial charge in [0.1, 0.15) is 21.6 Å². The number of nitrogens with one attached hydrogen (secondary N) is 1. The Kier molecular flexibility index (Phi) is 7.15. The van der Waals surface area contributed by atoms with Gasteiger partial charge in [-0.15, -0.1) is 0 Å². The number of hydrogen-bond donors (Lipinski definition) is 1. The van der Waals surface area contributed by atoms with Gasteiger partial charge in [0.15, 0.2) is 0 Å². The maximum absolute atomic E-state index is 13.5. The minimum Gasteiger partial charge on any atom is -0.369 e. The highest BCUT2D eigenvalue weighted by Gasteiger charge is 2.32. The van der Waals surface area contributed by atoms with Crippen LogP contribution in [0.15, 0.2) is 71.0 Å². The number of nitrogens with zero attached hydrogens (tertiary/aromatic N) is 5. The van der Waals surface area contributed by atoms with Gasteiger partial charge in [-0.05, 0) is 48.7 Å². The van der Waals surface area contributed by atoms with E-state index >= 15 is 0 Å². The molecule has 1 amide bonds. The lowest BCUT2D eigenvalue weighted by Crippen LogP contribution is -2.27. The first-order chi connectivity index (χ1) is 17.9. The Bertz CT molecular complexity index is 1560. The lowest BCUT2D eigenvalue weighted by molar-refractivity contribution is -0.122. The molecule has 0 aliphatic carbocycles. The molecule has 188 valence electrons. The van der Waals surface area contributed by atoms with Crippen molar-refractivity contribution in [1.82, 2.24) is 23.8 Å². The number of carbonyl (C=O) groups is 1. The summed E-state index contributed by atoms with van der Waals surface area (Å²) in [6.07, 6.45) is 9.38. The van der Waals surface area contributed by atoms with Crippen molar-refractivity contribution in [3.63, 3.8) is 0 Å². The first-order valence-corrected chi connectivity index (χ1v) is 12.8. The number of pyridine rings is 1. The van der Waals surface area contributed by atoms with Crippen LogP contribution >= 0.6 is 24.0 Å². The van der Waals surface area contributed by atoms with E-state index in [0.717, 1.165) is 35.9 Å². The Morgan fingerprint density at radius 1 is 1.16 bits per heavy atom. The van der Waals surface area contributed by atoms with E-state index in [1.165, 1.54) is 21.4 Å². The lowest BCUT2D eigenvalue weighted by Gasteiger charge is -2.14. The van der Waals surface area contributed by atoms with E-state index in [4.69, 9.17) is 17.2 Å². The number of aryl methyl sites for hydroxylation is 2. The summed E-state index contributed by atoms with van der Waals surface area (Å²) in [5.74, 6) is -0.244. The molecule has 11 heteroatoms. The molecule has 1 fully saturated rings. The highest BCUT2D eigenvalue weighted by molar-refractivity contribution is 8.26. The molecule has 1 aliphatic heterocycles. The number of hydrogen-bond acceptors (Lipinski definition) is 7. The molecule has 5 rings (SSSR count). The van der Waals surface area contributed by atoms with E-state index in [9.17, 15) is 14.0 Å². The van der Waals surface area contributed by atoms with Crippen molar-refractivity contribution in [1.29, 1.82) is 0 Å². The summed E-state index contributed by atoms with van der Waals surface area (Å²) in [5.41, 5.74) is 2.16. The number of aromatic nitrogens is 4. The zero-order valence-electron chi connectivity index (χ0n) is 19.9. The number of thioether (sulfide) groups is 1. The summed E-state index contributed by atoms with van der Waals surface area (Å²) < 4.78 is 17.1. The van der Waals surface area contributed by atoms with Crippen molar-refractivity contribution in [3.8, 4) is 0 Å². The van der Waals surface area contributed by atoms with Gasteiger partial charge in [0, 0.05) is 31.7 Å². The summed E-state index contributed by atoms with van der Waals surface area (Å²) in [4.78, 5) is 37.3. The smallest absolute Gasteiger partial charge is 0.267 e. The molecule has 4 heterocycles. The van der Waals surface area contributed by atoms with Gasteiger partial charge in [0.05, 0.1) is 23.3 Å². The molecular formula is C26H23FN6O2S2. The Hall–Kier alpha value is -3.83. The van der Waals surface area contributed by atoms with Crippen LogP contribution in [0.25, 0.3) is 11.7 Å². The average molecular weight is 535 g/mol. The molecule has 0 radical (unpaired) electrons. The Morgan fingerprint density at radius 3 is 2.73 bits per heavy atom. The van der Waals surface area contributed by atoms with Crippen LogP contribution in [0, 0.1) is 12.7 Å². The van der Waals surface area contributed by atoms with Crippen LogP contribution in [0.3, 0.4) is 0 Å². The summed E-state index contributed by atoms with van der Waals surface area (Å²) in [6.45, 7) is 3.44. The van der Waals surface area contributed by atoms with Gasteiger partial charge in [-0.25, -0.2) is 14.4 Å². The predicted molar refractivity (Wildman–Crippen MR) is 147 cm³/mol. The van der Waals surface area contributed by atoms with Crippen molar-refractivity contribution >= 4 is 51.7 Å². The van der Waals surface area contributed by atoms with Crippen molar-refractivity contribution in [3.05, 3.63) is 99.1 Å². The van der Waals surface area contributed by atoms with Crippen LogP contribution < -0.4 is 10.9 Å². The molecule has 1 aliphatic rings. The van der Waals surface area contributed by atoms with Gasteiger partial charge in [-0.3, -0.25) is 18.9 Å². The standard InChI is InChI=1S/C26H23FN6O2S2/c1-17-4-2-12-32-23(17)30-22(29-9-3-11-31-13-10-28-16-31)20(24(32)34)14-21-25(35)33(26(36)37-21)15-18-5-7-19(27)8-6-18/h2,4-8,10,12-14,16,29H,3,9,11,15H2,1H3/b21-14-. The van der Waals surface area contributed by atoms with Crippen LogP contribution in [0.2, 0.25) is 0 Å². The molecular weight excluding hydrogens is 511 g/mol. The van der Waals surface area contributed by atoms with Crippen LogP contribution in [-0.2, 0) is 17.9 Å². The highest BCUT2D eigenvalue weighted by Crippen LogP contribution is 2.34. The minimum atomic E-state index is -0.349. The van der Waals surface area contributed by atoms with E-state index in [0.29, 0.717) is 27.2 Å². The molecule has 0 atom stereocenters. The number of thiocarbonyl (C=S) groups is 1. The van der Waals surface area contributed by atoms with Crippen molar-refractivity contribution in [2.75, 3.05) is 11.9 Å². The zero-order valence-corrected chi connectivity index (χ0v) is 21.6. The summed E-state index contributed by atoms with van der Waals surface area (Å²) in [5, 5.41) is 3.29. The van der Waals surface area contributed by atoms with Gasteiger partial charge in [-0.1, -0.05) is 42.2 Å². The van der Waals surface area contributed by atoms with Crippen LogP contribution in [0.1, 0.15) is 23.1 Å². The second-order valence-electron chi connectivity index (χ2n) is 8.54. The number of anilines is 1. The highest BCUT2D eigenvalue weighted by atomic mass is 32.2. The summed E-state index contributed by atoms with van der Waals surface area (Å²) in [6, 6.07) is 9.60. The van der Waals surface area contributed by atoms with Gasteiger partial charge in [0.25, 0.3) is 11.5 Å². The van der Waals surface area contributed by atoms with E-state index in [1.807, 2.05) is 23.8 Å². The second-order valence-corrected chi connectivity index (χ2v) is 10.2. The third-order valence-corrected chi connectivity index (χ3v) is 7.31. The number of carbonyl (C=O) groups excluding carboxylic acids is 1. The van der Waals surface area contributed by atoms with Crippen molar-refractivity contribution in [2.45, 2.75) is 26.4 Å². The molecule has 0 unspecified atom stereocenters. The third-order valence-electron chi connectivity index (χ3n) is 5.93. The molecule has 1 saturated heterocycles. The zero-order chi connectivity index (χ0) is 25.9. The van der Waals surface area contributed by atoms with Gasteiger partial charge < -0.3 is 9.88 Å². The van der Waals surface area contributed by atoms with Crippen molar-refractivity contribution < 1.29 is 9.18 Å². The van der Waals surface area contributed by atoms with Crippen LogP contribution in [-0.4, -0.2) is 40.6 Å². The summed E-state index contributed by atoms with van der Waals surface area (Å²) >= 11 is 6.58. The fourth-order valence-corrected chi connectivity index (χ4v) is 5.24. The molecule has 1 aromatic carbocycles. The van der Waals surface area contributed by atoms with Gasteiger partial charge in [-0.2, -0.15) is 0 Å². The number of halogens is 1. The second kappa shape index (κ2) is 10.7. The molecule has 1 N–H and O–H groups in total. The van der Waals surface area contributed by atoms with Crippen LogP contribution in [0.5, 0.6) is 0 Å². The first kappa shape index (κ1) is 24.8. The SMILES string of the molecule is Cc1cccn2c(=O)c(/C=C3\SC(=S)N(Cc4ccc(F)cc4)C3=O)c(NCCCn3ccnc3)nc12. The Morgan fingerprint density at radius 2 is 1.97 bits per heavy atom. The molecule has 0 bridgehead atoms. The quantitative estimate of drug-likeness (QED) is 0.206. The van der Waals surface area contributed by atoms with E-state index in [-0.39, 0.29) is 29.4 Å². The first-order valence-electron chi connectivity index (χ1n) is 11.6. The monoisotopic (exact) mass is 534 g/mol. The van der Waals surface area contributed by atoms with Crippen molar-refractivity contribution in [2.24, 2.45) is 0 Å². The molecule has 4 aromatic rings. The average Bonchev–Trinajstić information content (AvgIpc) is 3.49. The normalized spacial score (nSPS) is 14.8. The van der Waals surface area contributed by atoms with E-state index in [1.54, 1.807) is 43.0 Å². The number of rotatable bonds is 8. The van der Waals surface area contributed by atoms with E-state index < -0.39 is 0 Å². The maximum Gasteiger partial charge on any atom is 0.267 e. The maximum atomic E-state index is 13.5. The van der Waals surface area contributed by atoms with Gasteiger partial charge >= 0.3 is 0 Å². The largest absolute Gasteiger partial charge is 0.369 e. The lowest BCUT2D eigenvalue weighted by atomic mass is 10.2. The third kappa shape index (κ3) is 5.32. The number of imidazole rings is 1. The number of benzene rings is 1. The Labute approximate surface area is 221 Å². The number of amides is 1. The fourth-order valence-electron chi connectivity index (χ4n) is 4.00. The summed E-state index contributed by atoms with van der Waals surface area (Å²) in [7, 11) is 0. The molecule has 0 spiro atoms. The van der Waals surface area contributed by atoms with Crippen LogP contribution in [0.4, 0.5) is 10.2 Å². The topological polar surface area (TPSA) is 84.5 Å². The molecule has 8 nitrogen and oxygen atoms in total. The number of fused-ring (bicyclic) bond motifs is 1. The van der Waals surface area contributed by atoms with E-state index in [2.05, 4.69) is 10.3 Å². The molecule has 37 heavy (non-hydrogen) atoms. The minimum absolute atomic E-state index is 0.218. The predicted octanol–water partition coefficient (Wildman–Crippen LogP) is 4.24. The molecule has 3 aromatic heterocycles. The molecule has 0 saturated carbocycles. The Balaban J connectivity index is 1.45.